The standard InChI is InChI=1S/C8F14N3/c9-3(10,5(13,14)7(17,18)19)1-23-2(25-24-1)4(11,12)6(15,16)8(20,21)22/q-1. The third-order valence-corrected chi connectivity index (χ3v) is 2.51. The topological polar surface area (TPSA) is 39.9 Å². The molecule has 0 unspecified atom stereocenters. The molecule has 0 saturated heterocycles. The van der Waals surface area contributed by atoms with Gasteiger partial charge < -0.3 is 15.2 Å². The highest BCUT2D eigenvalue weighted by Gasteiger charge is 2.75. The van der Waals surface area contributed by atoms with E-state index in [2.05, 4.69) is 0 Å². The van der Waals surface area contributed by atoms with Gasteiger partial charge in [0.1, 0.15) is 0 Å². The van der Waals surface area contributed by atoms with Gasteiger partial charge in [-0.1, -0.05) is 0 Å². The van der Waals surface area contributed by atoms with Crippen molar-refractivity contribution >= 4 is 0 Å². The first-order valence-corrected chi connectivity index (χ1v) is 5.24. The summed E-state index contributed by atoms with van der Waals surface area (Å²) in [6.45, 7) is 0. The summed E-state index contributed by atoms with van der Waals surface area (Å²) in [5, 5.41) is 3.32. The van der Waals surface area contributed by atoms with Gasteiger partial charge in [0.05, 0.1) is 11.6 Å². The van der Waals surface area contributed by atoms with Crippen molar-refractivity contribution in [3.63, 3.8) is 0 Å². The molecule has 17 heteroatoms. The van der Waals surface area contributed by atoms with Crippen molar-refractivity contribution in [1.29, 1.82) is 0 Å². The normalized spacial score (nSPS) is 15.6. The van der Waals surface area contributed by atoms with Crippen LogP contribution in [0.5, 0.6) is 0 Å². The largest absolute Gasteiger partial charge is 0.460 e. The lowest BCUT2D eigenvalue weighted by Gasteiger charge is -2.29. The van der Waals surface area contributed by atoms with E-state index in [-0.39, 0.29) is 0 Å². The highest BCUT2D eigenvalue weighted by atomic mass is 19.4. The van der Waals surface area contributed by atoms with Crippen LogP contribution in [0.3, 0.4) is 0 Å². The van der Waals surface area contributed by atoms with E-state index in [4.69, 9.17) is 0 Å². The lowest BCUT2D eigenvalue weighted by Crippen LogP contribution is -2.51. The molecule has 1 aromatic rings. The molecule has 0 amide bonds. The zero-order chi connectivity index (χ0) is 20.3. The molecule has 1 heterocycles. The van der Waals surface area contributed by atoms with Gasteiger partial charge in [0, 0.05) is 0 Å². The molecule has 0 atom stereocenters. The van der Waals surface area contributed by atoms with Gasteiger partial charge in [-0.15, -0.1) is 0 Å². The minimum absolute atomic E-state index is 1.53. The van der Waals surface area contributed by atoms with Gasteiger partial charge in [0.15, 0.2) is 0 Å². The molecule has 1 rings (SSSR count). The summed E-state index contributed by atoms with van der Waals surface area (Å²) < 4.78 is 174. The summed E-state index contributed by atoms with van der Waals surface area (Å²) in [6, 6.07) is 0. The monoisotopic (exact) mass is 404 g/mol. The molecule has 0 aliphatic rings. The van der Waals surface area contributed by atoms with Crippen LogP contribution in [0.25, 0.3) is 0 Å². The molecule has 0 saturated carbocycles. The summed E-state index contributed by atoms with van der Waals surface area (Å²) in [5.74, 6) is -33.1. The highest BCUT2D eigenvalue weighted by molar-refractivity contribution is 5.11. The molecule has 0 spiro atoms. The van der Waals surface area contributed by atoms with Gasteiger partial charge in [0.25, 0.3) is 0 Å². The molecule has 0 aliphatic heterocycles. The molecule has 0 bridgehead atoms. The van der Waals surface area contributed by atoms with E-state index in [9.17, 15) is 61.5 Å². The van der Waals surface area contributed by atoms with Gasteiger partial charge in [-0.2, -0.15) is 61.5 Å². The minimum atomic E-state index is -6.96. The third kappa shape index (κ3) is 2.96. The van der Waals surface area contributed by atoms with E-state index in [1.807, 2.05) is 0 Å². The van der Waals surface area contributed by atoms with Gasteiger partial charge in [-0.3, -0.25) is 0 Å². The summed E-state index contributed by atoms with van der Waals surface area (Å²) in [4.78, 5) is 1.53. The summed E-state index contributed by atoms with van der Waals surface area (Å²) in [7, 11) is 0. The molecule has 146 valence electrons. The Morgan fingerprint density at radius 1 is 0.480 bits per heavy atom. The fraction of sp³-hybridized carbons (Fsp3) is 0.750. The van der Waals surface area contributed by atoms with Crippen molar-refractivity contribution in [2.45, 2.75) is 36.0 Å². The molecule has 1 aromatic heterocycles. The fourth-order valence-electron chi connectivity index (χ4n) is 1.14. The molecule has 0 aliphatic carbocycles. The lowest BCUT2D eigenvalue weighted by molar-refractivity contribution is -0.363. The van der Waals surface area contributed by atoms with Crippen molar-refractivity contribution in [2.24, 2.45) is 0 Å². The van der Waals surface area contributed by atoms with E-state index in [0.29, 0.717) is 0 Å². The first-order chi connectivity index (χ1) is 10.7. The summed E-state index contributed by atoms with van der Waals surface area (Å²) >= 11 is 0. The predicted molar refractivity (Wildman–Crippen MR) is 45.1 cm³/mol. The van der Waals surface area contributed by atoms with E-state index in [1.165, 1.54) is 4.98 Å². The molecule has 0 fully saturated rings. The van der Waals surface area contributed by atoms with Gasteiger partial charge in [-0.05, 0) is 0 Å². The van der Waals surface area contributed by atoms with Crippen molar-refractivity contribution in [2.75, 3.05) is 0 Å². The molecule has 0 aromatic carbocycles. The van der Waals surface area contributed by atoms with Crippen LogP contribution in [-0.4, -0.2) is 34.4 Å². The van der Waals surface area contributed by atoms with Crippen molar-refractivity contribution < 1.29 is 61.5 Å². The van der Waals surface area contributed by atoms with Crippen LogP contribution >= 0.6 is 0 Å². The molecule has 3 nitrogen and oxygen atoms in total. The predicted octanol–water partition coefficient (Wildman–Crippen LogP) is 4.01. The quantitative estimate of drug-likeness (QED) is 0.713. The smallest absolute Gasteiger partial charge is 0.355 e. The molecule has 0 N–H and O–H groups in total. The van der Waals surface area contributed by atoms with Crippen LogP contribution < -0.4 is 4.98 Å². The van der Waals surface area contributed by atoms with Gasteiger partial charge >= 0.3 is 36.0 Å². The van der Waals surface area contributed by atoms with Crippen LogP contribution in [0.1, 0.15) is 11.6 Å². The zero-order valence-electron chi connectivity index (χ0n) is 10.6. The lowest BCUT2D eigenvalue weighted by atomic mass is 10.1. The Bertz CT molecular complexity index is 570. The Morgan fingerprint density at radius 2 is 0.720 bits per heavy atom. The van der Waals surface area contributed by atoms with Gasteiger partial charge in [0.2, 0.25) is 0 Å². The Labute approximate surface area is 126 Å². The van der Waals surface area contributed by atoms with Crippen LogP contribution in [0, 0.1) is 0 Å². The van der Waals surface area contributed by atoms with E-state index < -0.39 is 47.7 Å². The van der Waals surface area contributed by atoms with Crippen molar-refractivity contribution in [3.8, 4) is 0 Å². The number of rotatable bonds is 4. The maximum Gasteiger partial charge on any atom is 0.460 e. The fourth-order valence-corrected chi connectivity index (χ4v) is 1.14. The second kappa shape index (κ2) is 5.33. The van der Waals surface area contributed by atoms with Crippen LogP contribution in [-0.2, 0) is 11.8 Å². The first-order valence-electron chi connectivity index (χ1n) is 5.24. The van der Waals surface area contributed by atoms with Gasteiger partial charge in [-0.25, -0.2) is 0 Å². The molecule has 25 heavy (non-hydrogen) atoms. The van der Waals surface area contributed by atoms with E-state index in [1.54, 1.807) is 10.2 Å². The van der Waals surface area contributed by atoms with Crippen LogP contribution in [0.15, 0.2) is 0 Å². The zero-order valence-corrected chi connectivity index (χ0v) is 10.6. The Morgan fingerprint density at radius 3 is 0.920 bits per heavy atom. The maximum absolute atomic E-state index is 13.1. The number of hydrogen-bond donors (Lipinski definition) is 0. The molecule has 0 radical (unpaired) electrons. The average molecular weight is 404 g/mol. The van der Waals surface area contributed by atoms with Crippen molar-refractivity contribution in [3.05, 3.63) is 11.6 Å². The maximum atomic E-state index is 13.1. The van der Waals surface area contributed by atoms with Crippen LogP contribution in [0.4, 0.5) is 61.5 Å². The second-order valence-electron chi connectivity index (χ2n) is 4.25. The summed E-state index contributed by atoms with van der Waals surface area (Å²) in [5.41, 5.74) is 0. The number of halogens is 14. The van der Waals surface area contributed by atoms with E-state index in [0.717, 1.165) is 0 Å². The molecular weight excluding hydrogens is 404 g/mol. The third-order valence-electron chi connectivity index (χ3n) is 2.51. The average Bonchev–Trinajstić information content (AvgIpc) is 2.85. The summed E-state index contributed by atoms with van der Waals surface area (Å²) in [6.07, 6.45) is -13.9. The van der Waals surface area contributed by atoms with E-state index >= 15 is 0 Å². The minimum Gasteiger partial charge on any atom is -0.355 e. The number of nitrogens with zero attached hydrogens (tertiary/aromatic N) is 3. The Hall–Kier alpha value is -1.84. The highest BCUT2D eigenvalue weighted by Crippen LogP contribution is 2.53. The number of hydrogen-bond acceptors (Lipinski definition) is 2. The van der Waals surface area contributed by atoms with Crippen molar-refractivity contribution in [1.82, 2.24) is 15.2 Å². The Balaban J connectivity index is 3.41. The van der Waals surface area contributed by atoms with Crippen LogP contribution in [0.2, 0.25) is 0 Å². The number of aromatic nitrogens is 3. The first kappa shape index (κ1) is 21.2. The SMILES string of the molecule is FC(F)(F)C(F)(F)C(F)(F)c1nnc(C(F)(F)C(F)(F)C(F)(F)F)[n-]1. The number of alkyl halides is 14. The molecular formula is C8F14N3-. The Kier molecular flexibility index (Phi) is 4.52. The second-order valence-corrected chi connectivity index (χ2v) is 4.25.